The van der Waals surface area contributed by atoms with Gasteiger partial charge in [0.2, 0.25) is 5.91 Å². The highest BCUT2D eigenvalue weighted by Crippen LogP contribution is 2.77. The molecular formula is C46H64ClNO7. The van der Waals surface area contributed by atoms with Crippen molar-refractivity contribution < 1.29 is 33.8 Å². The minimum absolute atomic E-state index is 0.0169. The predicted molar refractivity (Wildman–Crippen MR) is 212 cm³/mol. The highest BCUT2D eigenvalue weighted by atomic mass is 35.5. The molecule has 55 heavy (non-hydrogen) atoms. The van der Waals surface area contributed by atoms with Gasteiger partial charge in [0.15, 0.2) is 5.78 Å². The number of allylic oxidation sites excluding steroid dienone is 1. The van der Waals surface area contributed by atoms with Crippen LogP contribution in [0.15, 0.2) is 35.4 Å². The van der Waals surface area contributed by atoms with Gasteiger partial charge in [-0.25, -0.2) is 0 Å². The number of hydrogen-bond donors (Lipinski definition) is 1. The van der Waals surface area contributed by atoms with Crippen LogP contribution in [0.2, 0.25) is 5.02 Å². The van der Waals surface area contributed by atoms with Crippen molar-refractivity contribution in [3.05, 3.63) is 46.0 Å². The van der Waals surface area contributed by atoms with Gasteiger partial charge in [0.25, 0.3) is 0 Å². The quantitative estimate of drug-likeness (QED) is 0.262. The number of hydrogen-bond acceptors (Lipinski definition) is 6. The summed E-state index contributed by atoms with van der Waals surface area (Å²) in [7, 11) is 0. The summed E-state index contributed by atoms with van der Waals surface area (Å²) in [5.74, 6) is 0.0480. The monoisotopic (exact) mass is 777 g/mol. The van der Waals surface area contributed by atoms with Crippen molar-refractivity contribution >= 4 is 35.2 Å². The van der Waals surface area contributed by atoms with Gasteiger partial charge < -0.3 is 19.5 Å². The Bertz CT molecular complexity index is 1780. The van der Waals surface area contributed by atoms with Crippen LogP contribution in [0.5, 0.6) is 0 Å². The number of benzene rings is 1. The summed E-state index contributed by atoms with van der Waals surface area (Å²) < 4.78 is 12.7. The normalized spacial score (nSPS) is 38.6. The third-order valence-electron chi connectivity index (χ3n) is 16.9. The molecule has 1 amide bonds. The molecule has 5 aliphatic carbocycles. The van der Waals surface area contributed by atoms with Crippen LogP contribution in [-0.2, 0) is 35.2 Å². The summed E-state index contributed by atoms with van der Waals surface area (Å²) >= 11 is 6.17. The molecule has 4 saturated carbocycles. The lowest BCUT2D eigenvalue weighted by Crippen LogP contribution is -2.66. The summed E-state index contributed by atoms with van der Waals surface area (Å²) in [6.45, 7) is 20.7. The first-order valence-electron chi connectivity index (χ1n) is 21.0. The molecule has 1 N–H and O–H groups in total. The van der Waals surface area contributed by atoms with E-state index in [0.29, 0.717) is 36.4 Å². The second-order valence-electron chi connectivity index (χ2n) is 20.8. The fraction of sp³-hybridized carbons (Fsp3) is 0.739. The Morgan fingerprint density at radius 2 is 1.64 bits per heavy atom. The van der Waals surface area contributed by atoms with Crippen molar-refractivity contribution in [1.29, 1.82) is 0 Å². The van der Waals surface area contributed by atoms with Crippen molar-refractivity contribution in [1.82, 2.24) is 4.90 Å². The molecule has 1 aromatic rings. The minimum atomic E-state index is -1.17. The van der Waals surface area contributed by atoms with Gasteiger partial charge in [-0.05, 0) is 128 Å². The number of carboxylic acids is 1. The number of rotatable bonds is 8. The number of aliphatic carboxylic acids is 1. The number of nitrogens with zero attached hydrogens (tertiary/aromatic N) is 1. The fourth-order valence-corrected chi connectivity index (χ4v) is 13.9. The number of morpholine rings is 1. The molecule has 302 valence electrons. The Balaban J connectivity index is 1.17. The van der Waals surface area contributed by atoms with E-state index >= 15 is 0 Å². The first-order chi connectivity index (χ1) is 25.6. The smallest absolute Gasteiger partial charge is 0.309 e. The molecule has 1 aromatic carbocycles. The molecule has 8 nitrogen and oxygen atoms in total. The Morgan fingerprint density at radius 3 is 2.29 bits per heavy atom. The highest BCUT2D eigenvalue weighted by Gasteiger charge is 2.71. The van der Waals surface area contributed by atoms with E-state index in [1.807, 2.05) is 29.2 Å². The van der Waals surface area contributed by atoms with Crippen LogP contribution in [0, 0.1) is 56.2 Å². The lowest BCUT2D eigenvalue weighted by atomic mass is 9.33. The number of amides is 1. The summed E-state index contributed by atoms with van der Waals surface area (Å²) in [6.07, 6.45) is 7.71. The maximum atomic E-state index is 14.3. The van der Waals surface area contributed by atoms with E-state index in [4.69, 9.17) is 21.1 Å². The van der Waals surface area contributed by atoms with Crippen LogP contribution in [0.4, 0.5) is 0 Å². The number of halogens is 1. The summed E-state index contributed by atoms with van der Waals surface area (Å²) in [5.41, 5.74) is 1.66. The van der Waals surface area contributed by atoms with Gasteiger partial charge in [0.05, 0.1) is 17.9 Å². The van der Waals surface area contributed by atoms with Gasteiger partial charge >= 0.3 is 11.9 Å². The Morgan fingerprint density at radius 1 is 0.945 bits per heavy atom. The van der Waals surface area contributed by atoms with E-state index in [9.17, 15) is 24.3 Å². The van der Waals surface area contributed by atoms with E-state index in [-0.39, 0.29) is 70.4 Å². The Labute approximate surface area is 333 Å². The van der Waals surface area contributed by atoms with Crippen molar-refractivity contribution in [2.24, 2.45) is 56.2 Å². The lowest BCUT2D eigenvalue weighted by molar-refractivity contribution is -0.236. The molecule has 9 heteroatoms. The molecule has 0 radical (unpaired) electrons. The predicted octanol–water partition coefficient (Wildman–Crippen LogP) is 9.46. The highest BCUT2D eigenvalue weighted by molar-refractivity contribution is 6.30. The van der Waals surface area contributed by atoms with Crippen LogP contribution in [-0.4, -0.2) is 59.0 Å². The maximum Gasteiger partial charge on any atom is 0.309 e. The van der Waals surface area contributed by atoms with Crippen LogP contribution < -0.4 is 0 Å². The van der Waals surface area contributed by atoms with E-state index in [1.165, 1.54) is 5.57 Å². The average Bonchev–Trinajstić information content (AvgIpc) is 3.41. The van der Waals surface area contributed by atoms with E-state index in [2.05, 4.69) is 48.5 Å². The van der Waals surface area contributed by atoms with Crippen LogP contribution in [0.3, 0.4) is 0 Å². The van der Waals surface area contributed by atoms with Gasteiger partial charge in [-0.3, -0.25) is 19.2 Å². The van der Waals surface area contributed by atoms with Gasteiger partial charge in [-0.15, -0.1) is 0 Å². The molecule has 1 aliphatic heterocycles. The number of carboxylic acid groups (broad SMARTS) is 1. The molecule has 0 aromatic heterocycles. The van der Waals surface area contributed by atoms with Crippen molar-refractivity contribution in [3.63, 3.8) is 0 Å². The zero-order chi connectivity index (χ0) is 40.1. The van der Waals surface area contributed by atoms with Gasteiger partial charge in [-0.1, -0.05) is 77.8 Å². The number of Topliss-reactive ketones (excluding diaryl/α,β-unsaturated/α-hetero) is 1. The Kier molecular flexibility index (Phi) is 10.1. The van der Waals surface area contributed by atoms with Gasteiger partial charge in [0, 0.05) is 35.4 Å². The summed E-state index contributed by atoms with van der Waals surface area (Å²) in [5, 5.41) is 10.3. The average molecular weight is 778 g/mol. The zero-order valence-corrected chi connectivity index (χ0v) is 35.4. The van der Waals surface area contributed by atoms with Crippen LogP contribution >= 0.6 is 11.6 Å². The number of carbonyl (C=O) groups is 4. The maximum absolute atomic E-state index is 14.3. The first-order valence-corrected chi connectivity index (χ1v) is 21.3. The summed E-state index contributed by atoms with van der Waals surface area (Å²) in [6, 6.07) is 7.68. The molecule has 6 aliphatic rings. The standard InChI is InChI=1S/C46H64ClNO7/c1-27(2)38-31(49)22-46(35-25-48(36(50)26-54-35)24-28-10-12-29(47)13-11-28)21-20-44(8)30(39(38)46)14-15-33-43(7)18-17-34(55-37(51)23-41(3,4)40(52)53)42(5,6)32(43)16-19-45(33,44)9/h10-13,27,30,32-35H,14-26H2,1-9H3,(H,52,53)/t30-,32+,33-,34+,35?,43+,44-,45-,46+/m1/s1. The molecular weight excluding hydrogens is 714 g/mol. The number of ketones is 1. The largest absolute Gasteiger partial charge is 0.481 e. The topological polar surface area (TPSA) is 110 Å². The number of esters is 1. The third-order valence-corrected chi connectivity index (χ3v) is 17.2. The summed E-state index contributed by atoms with van der Waals surface area (Å²) in [4.78, 5) is 54.4. The van der Waals surface area contributed by atoms with Gasteiger partial charge in [0.1, 0.15) is 12.7 Å². The number of fused-ring (bicyclic) bond motifs is 7. The number of ether oxygens (including phenoxy) is 2. The molecule has 0 spiro atoms. The zero-order valence-electron chi connectivity index (χ0n) is 34.7. The second kappa shape index (κ2) is 13.7. The van der Waals surface area contributed by atoms with Crippen LogP contribution in [0.25, 0.3) is 0 Å². The molecule has 1 unspecified atom stereocenters. The van der Waals surface area contributed by atoms with E-state index < -0.39 is 22.8 Å². The second-order valence-corrected chi connectivity index (χ2v) is 21.2. The SMILES string of the molecule is CC(C)C1=C2[C@H]3CC[C@@H]4[C@@]5(C)CC[C@H](OC(=O)CC(C)(C)C(=O)O)C(C)(C)[C@@H]5CC[C@@]4(C)[C@]3(C)CC[C@@]2(C2CN(Cc3ccc(Cl)cc3)C(=O)CO2)CC1=O. The molecule has 1 heterocycles. The van der Waals surface area contributed by atoms with Crippen molar-refractivity contribution in [2.45, 2.75) is 145 Å². The molecule has 1 saturated heterocycles. The molecule has 0 bridgehead atoms. The third kappa shape index (κ3) is 6.24. The van der Waals surface area contributed by atoms with Gasteiger partial charge in [-0.2, -0.15) is 0 Å². The lowest BCUT2D eigenvalue weighted by Gasteiger charge is -2.72. The first kappa shape index (κ1) is 40.5. The fourth-order valence-electron chi connectivity index (χ4n) is 13.8. The number of carbonyl (C=O) groups excluding carboxylic acids is 3. The minimum Gasteiger partial charge on any atom is -0.481 e. The van der Waals surface area contributed by atoms with E-state index in [0.717, 1.165) is 62.5 Å². The van der Waals surface area contributed by atoms with E-state index in [1.54, 1.807) is 13.8 Å². The molecule has 9 atom stereocenters. The van der Waals surface area contributed by atoms with Crippen molar-refractivity contribution in [2.75, 3.05) is 13.2 Å². The Hall–Kier alpha value is -2.71. The van der Waals surface area contributed by atoms with Crippen molar-refractivity contribution in [3.8, 4) is 0 Å². The molecule has 7 rings (SSSR count). The molecule has 5 fully saturated rings. The van der Waals surface area contributed by atoms with Crippen LogP contribution in [0.1, 0.15) is 132 Å².